The number of hydrogen-bond acceptors (Lipinski definition) is 4. The van der Waals surface area contributed by atoms with Gasteiger partial charge in [0.25, 0.3) is 5.56 Å². The van der Waals surface area contributed by atoms with E-state index in [1.807, 2.05) is 6.07 Å². The molecule has 2 aromatic heterocycles. The molecule has 1 aliphatic carbocycles. The van der Waals surface area contributed by atoms with Gasteiger partial charge in [-0.2, -0.15) is 5.10 Å². The van der Waals surface area contributed by atoms with E-state index in [1.165, 1.54) is 17.7 Å². The molecule has 1 aliphatic rings. The molecule has 102 valence electrons. The fourth-order valence-corrected chi connectivity index (χ4v) is 2.15. The Bertz CT molecular complexity index is 703. The molecule has 0 N–H and O–H groups in total. The van der Waals surface area contributed by atoms with Crippen molar-refractivity contribution in [2.24, 2.45) is 5.92 Å². The summed E-state index contributed by atoms with van der Waals surface area (Å²) in [5, 5.41) is 4.39. The quantitative estimate of drug-likeness (QED) is 0.795. The SMILES string of the molecule is CC(=O)c1cc(=O)n(CC2CC2)nc1-c1cccnc1. The lowest BCUT2D eigenvalue weighted by Gasteiger charge is -2.10. The molecule has 0 atom stereocenters. The Labute approximate surface area is 116 Å². The Balaban J connectivity index is 2.13. The van der Waals surface area contributed by atoms with Gasteiger partial charge in [-0.05, 0) is 37.8 Å². The number of Topliss-reactive ketones (excluding diaryl/α,β-unsaturated/α-hetero) is 1. The lowest BCUT2D eigenvalue weighted by Crippen LogP contribution is -2.25. The summed E-state index contributed by atoms with van der Waals surface area (Å²) >= 11 is 0. The van der Waals surface area contributed by atoms with Gasteiger partial charge in [-0.1, -0.05) is 0 Å². The van der Waals surface area contributed by atoms with Crippen LogP contribution < -0.4 is 5.56 Å². The van der Waals surface area contributed by atoms with Crippen LogP contribution in [0.15, 0.2) is 35.4 Å². The van der Waals surface area contributed by atoms with E-state index >= 15 is 0 Å². The highest BCUT2D eigenvalue weighted by Crippen LogP contribution is 2.30. The van der Waals surface area contributed by atoms with Crippen molar-refractivity contribution in [2.45, 2.75) is 26.3 Å². The molecule has 1 saturated carbocycles. The number of carbonyl (C=O) groups excluding carboxylic acids is 1. The van der Waals surface area contributed by atoms with E-state index in [2.05, 4.69) is 10.1 Å². The lowest BCUT2D eigenvalue weighted by atomic mass is 10.1. The predicted molar refractivity (Wildman–Crippen MR) is 74.5 cm³/mol. The highest BCUT2D eigenvalue weighted by atomic mass is 16.1. The molecule has 5 nitrogen and oxygen atoms in total. The summed E-state index contributed by atoms with van der Waals surface area (Å²) in [6.07, 6.45) is 5.60. The van der Waals surface area contributed by atoms with Crippen LogP contribution in [-0.2, 0) is 6.54 Å². The molecule has 2 heterocycles. The van der Waals surface area contributed by atoms with Gasteiger partial charge >= 0.3 is 0 Å². The van der Waals surface area contributed by atoms with Gasteiger partial charge in [-0.3, -0.25) is 14.6 Å². The van der Waals surface area contributed by atoms with Crippen molar-refractivity contribution in [1.29, 1.82) is 0 Å². The molecule has 0 spiro atoms. The van der Waals surface area contributed by atoms with E-state index in [0.717, 1.165) is 18.4 Å². The molecular formula is C15H15N3O2. The summed E-state index contributed by atoms with van der Waals surface area (Å²) in [7, 11) is 0. The summed E-state index contributed by atoms with van der Waals surface area (Å²) in [4.78, 5) is 27.8. The fraction of sp³-hybridized carbons (Fsp3) is 0.333. The van der Waals surface area contributed by atoms with Crippen molar-refractivity contribution in [1.82, 2.24) is 14.8 Å². The molecule has 1 fully saturated rings. The predicted octanol–water partition coefficient (Wildman–Crippen LogP) is 1.92. The highest BCUT2D eigenvalue weighted by molar-refractivity contribution is 5.99. The van der Waals surface area contributed by atoms with Gasteiger partial charge in [0.2, 0.25) is 0 Å². The number of hydrogen-bond donors (Lipinski definition) is 0. The average molecular weight is 269 g/mol. The van der Waals surface area contributed by atoms with E-state index in [1.54, 1.807) is 18.5 Å². The van der Waals surface area contributed by atoms with Crippen molar-refractivity contribution in [2.75, 3.05) is 0 Å². The maximum absolute atomic E-state index is 12.0. The van der Waals surface area contributed by atoms with E-state index in [4.69, 9.17) is 0 Å². The molecule has 0 saturated heterocycles. The van der Waals surface area contributed by atoms with Gasteiger partial charge in [0.15, 0.2) is 5.78 Å². The standard InChI is InChI=1S/C15H15N3O2/c1-10(19)13-7-14(20)18(9-11-4-5-11)17-15(13)12-3-2-6-16-8-12/h2-3,6-8,11H,4-5,9H2,1H3. The van der Waals surface area contributed by atoms with Gasteiger partial charge in [0.1, 0.15) is 5.69 Å². The monoisotopic (exact) mass is 269 g/mol. The third-order valence-corrected chi connectivity index (χ3v) is 3.44. The van der Waals surface area contributed by atoms with E-state index in [-0.39, 0.29) is 11.3 Å². The smallest absolute Gasteiger partial charge is 0.267 e. The number of nitrogens with zero attached hydrogens (tertiary/aromatic N) is 3. The zero-order chi connectivity index (χ0) is 14.1. The molecular weight excluding hydrogens is 254 g/mol. The third-order valence-electron chi connectivity index (χ3n) is 3.44. The molecule has 0 unspecified atom stereocenters. The van der Waals surface area contributed by atoms with Crippen molar-refractivity contribution in [3.8, 4) is 11.3 Å². The minimum Gasteiger partial charge on any atom is -0.294 e. The third kappa shape index (κ3) is 2.52. The lowest BCUT2D eigenvalue weighted by molar-refractivity contribution is 0.101. The maximum atomic E-state index is 12.0. The maximum Gasteiger partial charge on any atom is 0.267 e. The number of ketones is 1. The Morgan fingerprint density at radius 3 is 2.85 bits per heavy atom. The first-order valence-electron chi connectivity index (χ1n) is 6.68. The molecule has 0 aromatic carbocycles. The molecule has 2 aromatic rings. The molecule has 0 amide bonds. The van der Waals surface area contributed by atoms with Crippen molar-refractivity contribution in [3.63, 3.8) is 0 Å². The first kappa shape index (κ1) is 12.7. The van der Waals surface area contributed by atoms with Crippen molar-refractivity contribution in [3.05, 3.63) is 46.5 Å². The number of pyridine rings is 1. The summed E-state index contributed by atoms with van der Waals surface area (Å²) in [5.74, 6) is 0.386. The van der Waals surface area contributed by atoms with Crippen LogP contribution in [0.25, 0.3) is 11.3 Å². The van der Waals surface area contributed by atoms with Gasteiger partial charge in [0.05, 0.1) is 5.56 Å². The zero-order valence-electron chi connectivity index (χ0n) is 11.2. The van der Waals surface area contributed by atoms with Gasteiger partial charge in [-0.15, -0.1) is 0 Å². The normalized spacial score (nSPS) is 14.2. The largest absolute Gasteiger partial charge is 0.294 e. The highest BCUT2D eigenvalue weighted by Gasteiger charge is 2.24. The number of rotatable bonds is 4. The second kappa shape index (κ2) is 5.00. The summed E-state index contributed by atoms with van der Waals surface area (Å²) in [6.45, 7) is 2.08. The Morgan fingerprint density at radius 1 is 1.45 bits per heavy atom. The first-order chi connectivity index (χ1) is 9.65. The summed E-state index contributed by atoms with van der Waals surface area (Å²) < 4.78 is 1.46. The van der Waals surface area contributed by atoms with Crippen LogP contribution in [0.4, 0.5) is 0 Å². The molecule has 0 radical (unpaired) electrons. The van der Waals surface area contributed by atoms with Crippen LogP contribution in [0.5, 0.6) is 0 Å². The average Bonchev–Trinajstić information content (AvgIpc) is 3.25. The summed E-state index contributed by atoms with van der Waals surface area (Å²) in [6, 6.07) is 5.02. The molecule has 5 heteroatoms. The minimum atomic E-state index is -0.213. The summed E-state index contributed by atoms with van der Waals surface area (Å²) in [5.41, 5.74) is 1.43. The molecule has 0 bridgehead atoms. The second-order valence-electron chi connectivity index (χ2n) is 5.17. The van der Waals surface area contributed by atoms with Crippen molar-refractivity contribution >= 4 is 5.78 Å². The number of aromatic nitrogens is 3. The topological polar surface area (TPSA) is 64.8 Å². The van der Waals surface area contributed by atoms with E-state index in [9.17, 15) is 9.59 Å². The van der Waals surface area contributed by atoms with Crippen LogP contribution in [0.1, 0.15) is 30.1 Å². The van der Waals surface area contributed by atoms with Crippen LogP contribution >= 0.6 is 0 Å². The van der Waals surface area contributed by atoms with E-state index < -0.39 is 0 Å². The Morgan fingerprint density at radius 2 is 2.25 bits per heavy atom. The van der Waals surface area contributed by atoms with Crippen molar-refractivity contribution < 1.29 is 4.79 Å². The molecule has 0 aliphatic heterocycles. The van der Waals surface area contributed by atoms with E-state index in [0.29, 0.717) is 23.7 Å². The first-order valence-corrected chi connectivity index (χ1v) is 6.68. The van der Waals surface area contributed by atoms with Gasteiger partial charge < -0.3 is 0 Å². The minimum absolute atomic E-state index is 0.160. The Kier molecular flexibility index (Phi) is 3.18. The molecule has 20 heavy (non-hydrogen) atoms. The second-order valence-corrected chi connectivity index (χ2v) is 5.17. The zero-order valence-corrected chi connectivity index (χ0v) is 11.2. The fourth-order valence-electron chi connectivity index (χ4n) is 2.15. The van der Waals surface area contributed by atoms with Gasteiger partial charge in [0, 0.05) is 30.6 Å². The number of carbonyl (C=O) groups is 1. The Hall–Kier alpha value is -2.30. The van der Waals surface area contributed by atoms with Gasteiger partial charge in [-0.25, -0.2) is 4.68 Å². The van der Waals surface area contributed by atoms with Crippen LogP contribution in [-0.4, -0.2) is 20.5 Å². The van der Waals surface area contributed by atoms with Crippen LogP contribution in [0.3, 0.4) is 0 Å². The van der Waals surface area contributed by atoms with Crippen LogP contribution in [0, 0.1) is 5.92 Å². The van der Waals surface area contributed by atoms with Crippen LogP contribution in [0.2, 0.25) is 0 Å². The molecule has 3 rings (SSSR count).